The average molecular weight is 165 g/mol. The minimum Gasteiger partial charge on any atom is -0.396 e. The molecule has 1 heterocycles. The van der Waals surface area contributed by atoms with Crippen LogP contribution in [0.5, 0.6) is 0 Å². The normalized spacial score (nSPS) is 26.8. The molecule has 0 spiro atoms. The summed E-state index contributed by atoms with van der Waals surface area (Å²) in [6, 6.07) is 2.15. The molecule has 1 aliphatic rings. The second-order valence-corrected chi connectivity index (χ2v) is 3.00. The van der Waals surface area contributed by atoms with Gasteiger partial charge in [0.2, 0.25) is 5.95 Å². The van der Waals surface area contributed by atoms with Crippen molar-refractivity contribution in [3.05, 3.63) is 18.5 Å². The SMILES string of the molecule is OCC1CC1Nc1ncccn1. The van der Waals surface area contributed by atoms with E-state index in [1.54, 1.807) is 18.5 Å². The second kappa shape index (κ2) is 3.06. The lowest BCUT2D eigenvalue weighted by Gasteiger charge is -2.00. The van der Waals surface area contributed by atoms with Crippen LogP contribution in [0.15, 0.2) is 18.5 Å². The van der Waals surface area contributed by atoms with Crippen molar-refractivity contribution in [1.29, 1.82) is 0 Å². The van der Waals surface area contributed by atoms with E-state index >= 15 is 0 Å². The zero-order chi connectivity index (χ0) is 8.39. The third kappa shape index (κ3) is 1.53. The molecule has 0 bridgehead atoms. The maximum absolute atomic E-state index is 8.77. The highest BCUT2D eigenvalue weighted by Crippen LogP contribution is 2.31. The summed E-state index contributed by atoms with van der Waals surface area (Å²) in [5.74, 6) is 1.05. The molecule has 0 aromatic carbocycles. The first-order chi connectivity index (χ1) is 5.90. The Morgan fingerprint density at radius 2 is 2.25 bits per heavy atom. The number of aromatic nitrogens is 2. The topological polar surface area (TPSA) is 58.0 Å². The molecule has 0 radical (unpaired) electrons. The third-order valence-electron chi connectivity index (χ3n) is 2.04. The highest BCUT2D eigenvalue weighted by molar-refractivity contribution is 5.28. The van der Waals surface area contributed by atoms with E-state index in [1.165, 1.54) is 0 Å². The Labute approximate surface area is 70.7 Å². The molecule has 12 heavy (non-hydrogen) atoms. The Morgan fingerprint density at radius 1 is 1.50 bits per heavy atom. The van der Waals surface area contributed by atoms with Gasteiger partial charge in [0, 0.05) is 31.0 Å². The smallest absolute Gasteiger partial charge is 0.222 e. The Morgan fingerprint density at radius 3 is 2.83 bits per heavy atom. The van der Waals surface area contributed by atoms with Gasteiger partial charge in [-0.25, -0.2) is 9.97 Å². The summed E-state index contributed by atoms with van der Waals surface area (Å²) >= 11 is 0. The van der Waals surface area contributed by atoms with Crippen LogP contribution in [0.4, 0.5) is 5.95 Å². The number of nitrogens with one attached hydrogen (secondary N) is 1. The summed E-state index contributed by atoms with van der Waals surface area (Å²) in [7, 11) is 0. The zero-order valence-electron chi connectivity index (χ0n) is 6.64. The third-order valence-corrected chi connectivity index (χ3v) is 2.04. The number of hydrogen-bond acceptors (Lipinski definition) is 4. The molecular weight excluding hydrogens is 154 g/mol. The highest BCUT2D eigenvalue weighted by Gasteiger charge is 2.36. The van der Waals surface area contributed by atoms with Crippen molar-refractivity contribution in [3.63, 3.8) is 0 Å². The van der Waals surface area contributed by atoms with Crippen molar-refractivity contribution in [1.82, 2.24) is 9.97 Å². The molecule has 4 heteroatoms. The van der Waals surface area contributed by atoms with Crippen molar-refractivity contribution in [2.45, 2.75) is 12.5 Å². The van der Waals surface area contributed by atoms with Crippen molar-refractivity contribution in [2.75, 3.05) is 11.9 Å². The molecule has 0 aliphatic heterocycles. The van der Waals surface area contributed by atoms with Crippen molar-refractivity contribution < 1.29 is 5.11 Å². The van der Waals surface area contributed by atoms with E-state index < -0.39 is 0 Å². The molecule has 1 aromatic heterocycles. The lowest BCUT2D eigenvalue weighted by Crippen LogP contribution is -2.08. The van der Waals surface area contributed by atoms with Gasteiger partial charge >= 0.3 is 0 Å². The van der Waals surface area contributed by atoms with E-state index in [-0.39, 0.29) is 6.61 Å². The maximum atomic E-state index is 8.77. The molecule has 1 aliphatic carbocycles. The summed E-state index contributed by atoms with van der Waals surface area (Å²) in [6.07, 6.45) is 4.42. The number of anilines is 1. The van der Waals surface area contributed by atoms with Crippen LogP contribution in [0.2, 0.25) is 0 Å². The van der Waals surface area contributed by atoms with Gasteiger partial charge in [-0.05, 0) is 12.5 Å². The van der Waals surface area contributed by atoms with Crippen molar-refractivity contribution in [2.24, 2.45) is 5.92 Å². The van der Waals surface area contributed by atoms with Gasteiger partial charge in [-0.15, -0.1) is 0 Å². The van der Waals surface area contributed by atoms with Crippen LogP contribution in [-0.2, 0) is 0 Å². The molecule has 2 rings (SSSR count). The number of aliphatic hydroxyl groups is 1. The Kier molecular flexibility index (Phi) is 1.91. The Bertz CT molecular complexity index is 252. The van der Waals surface area contributed by atoms with Crippen LogP contribution >= 0.6 is 0 Å². The van der Waals surface area contributed by atoms with Gasteiger partial charge in [0.05, 0.1) is 0 Å². The summed E-state index contributed by atoms with van der Waals surface area (Å²) in [4.78, 5) is 8.05. The van der Waals surface area contributed by atoms with Crippen LogP contribution in [0.25, 0.3) is 0 Å². The molecular formula is C8H11N3O. The molecule has 2 N–H and O–H groups in total. The van der Waals surface area contributed by atoms with Crippen LogP contribution in [0.1, 0.15) is 6.42 Å². The summed E-state index contributed by atoms with van der Waals surface area (Å²) < 4.78 is 0. The van der Waals surface area contributed by atoms with E-state index in [1.807, 2.05) is 0 Å². The predicted octanol–water partition coefficient (Wildman–Crippen LogP) is 0.269. The molecule has 2 unspecified atom stereocenters. The molecule has 1 aromatic rings. The summed E-state index contributed by atoms with van der Waals surface area (Å²) in [5.41, 5.74) is 0. The van der Waals surface area contributed by atoms with Crippen LogP contribution in [0, 0.1) is 5.92 Å². The first-order valence-corrected chi connectivity index (χ1v) is 4.04. The minimum atomic E-state index is 0.254. The monoisotopic (exact) mass is 165 g/mol. The van der Waals surface area contributed by atoms with E-state index in [0.29, 0.717) is 17.9 Å². The minimum absolute atomic E-state index is 0.254. The van der Waals surface area contributed by atoms with E-state index in [9.17, 15) is 0 Å². The standard InChI is InChI=1S/C8H11N3O/c12-5-6-4-7(6)11-8-9-2-1-3-10-8/h1-3,6-7,12H,4-5H2,(H,9,10,11). The lowest BCUT2D eigenvalue weighted by atomic mass is 10.4. The van der Waals surface area contributed by atoms with Crippen LogP contribution in [0.3, 0.4) is 0 Å². The van der Waals surface area contributed by atoms with Gasteiger partial charge in [-0.1, -0.05) is 0 Å². The molecule has 2 atom stereocenters. The van der Waals surface area contributed by atoms with E-state index in [4.69, 9.17) is 5.11 Å². The molecule has 64 valence electrons. The van der Waals surface area contributed by atoms with Gasteiger partial charge in [0.25, 0.3) is 0 Å². The van der Waals surface area contributed by atoms with Gasteiger partial charge in [-0.2, -0.15) is 0 Å². The van der Waals surface area contributed by atoms with Crippen LogP contribution < -0.4 is 5.32 Å². The largest absolute Gasteiger partial charge is 0.396 e. The van der Waals surface area contributed by atoms with Crippen LogP contribution in [-0.4, -0.2) is 27.7 Å². The quantitative estimate of drug-likeness (QED) is 0.675. The average Bonchev–Trinajstić information content (AvgIpc) is 2.85. The summed E-state index contributed by atoms with van der Waals surface area (Å²) in [6.45, 7) is 0.254. The first kappa shape index (κ1) is 7.49. The van der Waals surface area contributed by atoms with E-state index in [0.717, 1.165) is 6.42 Å². The Hall–Kier alpha value is -1.16. The van der Waals surface area contributed by atoms with Gasteiger partial charge in [0.1, 0.15) is 0 Å². The maximum Gasteiger partial charge on any atom is 0.222 e. The molecule has 0 saturated heterocycles. The van der Waals surface area contributed by atoms with E-state index in [2.05, 4.69) is 15.3 Å². The predicted molar refractivity (Wildman–Crippen MR) is 44.6 cm³/mol. The zero-order valence-corrected chi connectivity index (χ0v) is 6.64. The number of aliphatic hydroxyl groups excluding tert-OH is 1. The molecule has 4 nitrogen and oxygen atoms in total. The number of rotatable bonds is 3. The lowest BCUT2D eigenvalue weighted by molar-refractivity contribution is 0.275. The van der Waals surface area contributed by atoms with Gasteiger partial charge in [-0.3, -0.25) is 0 Å². The molecule has 1 saturated carbocycles. The van der Waals surface area contributed by atoms with Gasteiger partial charge < -0.3 is 10.4 Å². The summed E-state index contributed by atoms with van der Waals surface area (Å²) in [5, 5.41) is 11.9. The second-order valence-electron chi connectivity index (χ2n) is 3.00. The van der Waals surface area contributed by atoms with Crippen molar-refractivity contribution >= 4 is 5.95 Å². The molecule has 0 amide bonds. The van der Waals surface area contributed by atoms with Gasteiger partial charge in [0.15, 0.2) is 0 Å². The number of nitrogens with zero attached hydrogens (tertiary/aromatic N) is 2. The molecule has 1 fully saturated rings. The fourth-order valence-corrected chi connectivity index (χ4v) is 1.17. The Balaban J connectivity index is 1.89. The highest BCUT2D eigenvalue weighted by atomic mass is 16.3. The fourth-order valence-electron chi connectivity index (χ4n) is 1.17. The fraction of sp³-hybridized carbons (Fsp3) is 0.500. The first-order valence-electron chi connectivity index (χ1n) is 4.04. The van der Waals surface area contributed by atoms with Crippen molar-refractivity contribution in [3.8, 4) is 0 Å². The number of hydrogen-bond donors (Lipinski definition) is 2.